The molecule has 2 saturated heterocycles. The maximum absolute atomic E-state index is 13.4. The molecular formula is C31H36N8O4. The molecule has 224 valence electrons. The summed E-state index contributed by atoms with van der Waals surface area (Å²) in [7, 11) is 3.85. The molecule has 12 nitrogen and oxygen atoms in total. The second-order valence-corrected chi connectivity index (χ2v) is 11.0. The Morgan fingerprint density at radius 3 is 2.58 bits per heavy atom. The fourth-order valence-electron chi connectivity index (χ4n) is 5.26. The predicted octanol–water partition coefficient (Wildman–Crippen LogP) is 3.45. The van der Waals surface area contributed by atoms with Crippen LogP contribution >= 0.6 is 0 Å². The van der Waals surface area contributed by atoms with E-state index in [0.717, 1.165) is 43.0 Å². The summed E-state index contributed by atoms with van der Waals surface area (Å²) in [6, 6.07) is 13.5. The maximum atomic E-state index is 13.4. The lowest BCUT2D eigenvalue weighted by atomic mass is 10.1. The zero-order valence-electron chi connectivity index (χ0n) is 24.5. The molecule has 1 aromatic heterocycles. The largest absolute Gasteiger partial charge is 0.486 e. The van der Waals surface area contributed by atoms with Crippen LogP contribution in [0.4, 0.5) is 33.6 Å². The SMILES string of the molecule is C=CC(=O)Nc1cc(OC2COC2)ccc1CN1Cc2cnc(Nc3ccc(N4CCN(C)CC4)cc3)nc2N(C)C1=O. The monoisotopic (exact) mass is 584 g/mol. The Balaban J connectivity index is 1.14. The Hall–Kier alpha value is -4.68. The van der Waals surface area contributed by atoms with Crippen LogP contribution in [0, 0.1) is 0 Å². The molecule has 3 aliphatic heterocycles. The molecule has 3 aromatic rings. The van der Waals surface area contributed by atoms with Crippen LogP contribution < -0.4 is 25.2 Å². The molecule has 6 rings (SSSR count). The van der Waals surface area contributed by atoms with Crippen molar-refractivity contribution in [3.05, 3.63) is 72.4 Å². The summed E-state index contributed by atoms with van der Waals surface area (Å²) >= 11 is 0. The van der Waals surface area contributed by atoms with Crippen molar-refractivity contribution in [3.8, 4) is 5.75 Å². The van der Waals surface area contributed by atoms with Crippen molar-refractivity contribution in [1.29, 1.82) is 0 Å². The summed E-state index contributed by atoms with van der Waals surface area (Å²) in [6.45, 7) is 9.33. The van der Waals surface area contributed by atoms with E-state index in [1.54, 1.807) is 24.2 Å². The van der Waals surface area contributed by atoms with E-state index in [1.165, 1.54) is 16.7 Å². The van der Waals surface area contributed by atoms with Crippen molar-refractivity contribution in [2.45, 2.75) is 19.2 Å². The van der Waals surface area contributed by atoms with Crippen molar-refractivity contribution in [3.63, 3.8) is 0 Å². The number of piperazine rings is 1. The predicted molar refractivity (Wildman–Crippen MR) is 165 cm³/mol. The van der Waals surface area contributed by atoms with Gasteiger partial charge in [-0.3, -0.25) is 9.69 Å². The van der Waals surface area contributed by atoms with Crippen molar-refractivity contribution in [1.82, 2.24) is 19.8 Å². The van der Waals surface area contributed by atoms with Crippen molar-refractivity contribution >= 4 is 40.8 Å². The van der Waals surface area contributed by atoms with E-state index >= 15 is 0 Å². The van der Waals surface area contributed by atoms with Gasteiger partial charge in [-0.2, -0.15) is 4.98 Å². The third-order valence-corrected chi connectivity index (χ3v) is 7.87. The lowest BCUT2D eigenvalue weighted by Crippen LogP contribution is -2.45. The average Bonchev–Trinajstić information content (AvgIpc) is 3.00. The van der Waals surface area contributed by atoms with E-state index in [9.17, 15) is 9.59 Å². The molecule has 4 heterocycles. The Morgan fingerprint density at radius 1 is 1.12 bits per heavy atom. The zero-order valence-corrected chi connectivity index (χ0v) is 24.5. The van der Waals surface area contributed by atoms with Gasteiger partial charge >= 0.3 is 6.03 Å². The first-order chi connectivity index (χ1) is 20.9. The van der Waals surface area contributed by atoms with Gasteiger partial charge in [0.25, 0.3) is 0 Å². The number of amides is 3. The van der Waals surface area contributed by atoms with Crippen molar-refractivity contribution in [2.75, 3.05) is 73.9 Å². The first-order valence-corrected chi connectivity index (χ1v) is 14.4. The standard InChI is InChI=1S/C31H36N8O4/c1-4-28(40)34-27-15-25(43-26-19-42-20-26)10-5-21(27)17-39-18-22-16-32-30(35-29(22)37(3)31(39)41)33-23-6-8-24(9-7-23)38-13-11-36(2)12-14-38/h4-10,15-16,26H,1,11-14,17-20H2,2-3H3,(H,34,40)(H,32,33,35). The molecule has 2 fully saturated rings. The third kappa shape index (κ3) is 6.40. The summed E-state index contributed by atoms with van der Waals surface area (Å²) in [6.07, 6.45) is 2.94. The molecular weight excluding hydrogens is 548 g/mol. The van der Waals surface area contributed by atoms with E-state index in [1.807, 2.05) is 24.3 Å². The van der Waals surface area contributed by atoms with Gasteiger partial charge in [-0.05, 0) is 49.0 Å². The number of aromatic nitrogens is 2. The van der Waals surface area contributed by atoms with Gasteiger partial charge in [0.2, 0.25) is 11.9 Å². The molecule has 0 saturated carbocycles. The summed E-state index contributed by atoms with van der Waals surface area (Å²) in [4.78, 5) is 42.7. The Kier molecular flexibility index (Phi) is 8.12. The van der Waals surface area contributed by atoms with E-state index in [0.29, 0.717) is 43.0 Å². The van der Waals surface area contributed by atoms with Gasteiger partial charge in [0, 0.05) is 74.7 Å². The number of rotatable bonds is 9. The van der Waals surface area contributed by atoms with Gasteiger partial charge in [-0.25, -0.2) is 9.78 Å². The maximum Gasteiger partial charge on any atom is 0.326 e. The number of hydrogen-bond acceptors (Lipinski definition) is 9. The van der Waals surface area contributed by atoms with E-state index < -0.39 is 0 Å². The molecule has 0 spiro atoms. The minimum atomic E-state index is -0.347. The molecule has 0 aliphatic carbocycles. The number of urea groups is 1. The van der Waals surface area contributed by atoms with Crippen LogP contribution in [-0.2, 0) is 22.6 Å². The van der Waals surface area contributed by atoms with Crippen LogP contribution in [0.25, 0.3) is 0 Å². The molecule has 2 aromatic carbocycles. The quantitative estimate of drug-likeness (QED) is 0.365. The number of nitrogens with one attached hydrogen (secondary N) is 2. The van der Waals surface area contributed by atoms with E-state index in [-0.39, 0.29) is 24.6 Å². The number of anilines is 5. The number of benzene rings is 2. The van der Waals surface area contributed by atoms with Crippen LogP contribution in [0.5, 0.6) is 5.75 Å². The van der Waals surface area contributed by atoms with Gasteiger partial charge in [-0.15, -0.1) is 0 Å². The second-order valence-electron chi connectivity index (χ2n) is 11.0. The average molecular weight is 585 g/mol. The third-order valence-electron chi connectivity index (χ3n) is 7.87. The first kappa shape index (κ1) is 28.4. The minimum absolute atomic E-state index is 0.0107. The van der Waals surface area contributed by atoms with Gasteiger partial charge in [-0.1, -0.05) is 12.6 Å². The Bertz CT molecular complexity index is 1500. The summed E-state index contributed by atoms with van der Waals surface area (Å²) in [5.74, 6) is 1.24. The van der Waals surface area contributed by atoms with Gasteiger partial charge < -0.3 is 34.8 Å². The smallest absolute Gasteiger partial charge is 0.326 e. The highest BCUT2D eigenvalue weighted by Crippen LogP contribution is 2.31. The van der Waals surface area contributed by atoms with Crippen molar-refractivity contribution < 1.29 is 19.1 Å². The topological polar surface area (TPSA) is 115 Å². The van der Waals surface area contributed by atoms with Crippen LogP contribution in [0.15, 0.2) is 61.3 Å². The fourth-order valence-corrected chi connectivity index (χ4v) is 5.26. The summed E-state index contributed by atoms with van der Waals surface area (Å²) in [5, 5.41) is 6.11. The van der Waals surface area contributed by atoms with Crippen LogP contribution in [-0.4, -0.2) is 91.3 Å². The highest BCUT2D eigenvalue weighted by molar-refractivity contribution is 5.99. The number of carbonyl (C=O) groups is 2. The van der Waals surface area contributed by atoms with Crippen LogP contribution in [0.3, 0.4) is 0 Å². The number of carbonyl (C=O) groups excluding carboxylic acids is 2. The van der Waals surface area contributed by atoms with Gasteiger partial charge in [0.15, 0.2) is 0 Å². The molecule has 0 radical (unpaired) electrons. The van der Waals surface area contributed by atoms with Gasteiger partial charge in [0.05, 0.1) is 19.8 Å². The Morgan fingerprint density at radius 2 is 1.88 bits per heavy atom. The number of ether oxygens (including phenoxy) is 2. The summed E-state index contributed by atoms with van der Waals surface area (Å²) < 4.78 is 11.1. The zero-order chi connectivity index (χ0) is 29.9. The normalized spacial score (nSPS) is 17.3. The molecule has 3 amide bonds. The molecule has 2 N–H and O–H groups in total. The summed E-state index contributed by atoms with van der Waals surface area (Å²) in [5.41, 5.74) is 4.20. The molecule has 43 heavy (non-hydrogen) atoms. The highest BCUT2D eigenvalue weighted by atomic mass is 16.6. The molecule has 3 aliphatic rings. The Labute approximate surface area is 250 Å². The fraction of sp³-hybridized carbons (Fsp3) is 0.355. The van der Waals surface area contributed by atoms with Crippen LogP contribution in [0.2, 0.25) is 0 Å². The van der Waals surface area contributed by atoms with E-state index in [4.69, 9.17) is 9.47 Å². The first-order valence-electron chi connectivity index (χ1n) is 14.4. The molecule has 0 atom stereocenters. The number of likely N-dealkylation sites (N-methyl/N-ethyl adjacent to an activating group) is 1. The lowest BCUT2D eigenvalue weighted by molar-refractivity contribution is -0.111. The number of nitrogens with zero attached hydrogens (tertiary/aromatic N) is 6. The van der Waals surface area contributed by atoms with Crippen LogP contribution in [0.1, 0.15) is 11.1 Å². The highest BCUT2D eigenvalue weighted by Gasteiger charge is 2.30. The number of hydrogen-bond donors (Lipinski definition) is 2. The second kappa shape index (κ2) is 12.3. The number of fused-ring (bicyclic) bond motifs is 1. The van der Waals surface area contributed by atoms with Gasteiger partial charge in [0.1, 0.15) is 17.7 Å². The van der Waals surface area contributed by atoms with Crippen molar-refractivity contribution in [2.24, 2.45) is 0 Å². The minimum Gasteiger partial charge on any atom is -0.486 e. The molecule has 0 bridgehead atoms. The lowest BCUT2D eigenvalue weighted by Gasteiger charge is -2.34. The van der Waals surface area contributed by atoms with E-state index in [2.05, 4.69) is 56.2 Å². The molecule has 12 heteroatoms. The molecule has 0 unspecified atom stereocenters.